The summed E-state index contributed by atoms with van der Waals surface area (Å²) in [5, 5.41) is 3.84. The zero-order chi connectivity index (χ0) is 12.8. The maximum Gasteiger partial charge on any atom is 0.226 e. The fraction of sp³-hybridized carbons (Fsp3) is 0.923. The lowest BCUT2D eigenvalue weighted by molar-refractivity contribution is -0.135. The van der Waals surface area contributed by atoms with Crippen molar-refractivity contribution in [2.45, 2.75) is 44.4 Å². The van der Waals surface area contributed by atoms with Gasteiger partial charge in [-0.3, -0.25) is 4.79 Å². The highest BCUT2D eigenvalue weighted by Gasteiger charge is 2.31. The standard InChI is InChI=1S/C13H26N2OS/c1-5-17-12-7-6-11(8-12)15(4)13(16)10(2)9-14-3/h10-12,14H,5-9H2,1-4H3. The molecule has 1 N–H and O–H groups in total. The molecule has 1 saturated carbocycles. The van der Waals surface area contributed by atoms with Crippen molar-refractivity contribution in [1.82, 2.24) is 10.2 Å². The maximum atomic E-state index is 12.2. The van der Waals surface area contributed by atoms with Crippen LogP contribution in [0.4, 0.5) is 0 Å². The molecule has 1 amide bonds. The van der Waals surface area contributed by atoms with Crippen molar-refractivity contribution in [3.05, 3.63) is 0 Å². The molecule has 3 atom stereocenters. The van der Waals surface area contributed by atoms with E-state index in [-0.39, 0.29) is 11.8 Å². The Morgan fingerprint density at radius 1 is 1.53 bits per heavy atom. The Labute approximate surface area is 110 Å². The molecule has 0 aliphatic heterocycles. The predicted octanol–water partition coefficient (Wildman–Crippen LogP) is 1.97. The van der Waals surface area contributed by atoms with Crippen LogP contribution >= 0.6 is 11.8 Å². The minimum absolute atomic E-state index is 0.0860. The van der Waals surface area contributed by atoms with Crippen molar-refractivity contribution < 1.29 is 4.79 Å². The Morgan fingerprint density at radius 2 is 2.24 bits per heavy atom. The largest absolute Gasteiger partial charge is 0.342 e. The molecule has 0 aromatic carbocycles. The van der Waals surface area contributed by atoms with E-state index in [1.165, 1.54) is 25.0 Å². The molecule has 3 unspecified atom stereocenters. The summed E-state index contributed by atoms with van der Waals surface area (Å²) in [7, 11) is 3.87. The van der Waals surface area contributed by atoms with Crippen LogP contribution in [0.15, 0.2) is 0 Å². The van der Waals surface area contributed by atoms with E-state index in [1.807, 2.05) is 37.7 Å². The van der Waals surface area contributed by atoms with Gasteiger partial charge < -0.3 is 10.2 Å². The van der Waals surface area contributed by atoms with E-state index in [2.05, 4.69) is 12.2 Å². The zero-order valence-electron chi connectivity index (χ0n) is 11.5. The fourth-order valence-corrected chi connectivity index (χ4v) is 3.71. The summed E-state index contributed by atoms with van der Waals surface area (Å²) in [6.45, 7) is 4.98. The normalized spacial score (nSPS) is 25.9. The second-order valence-corrected chi connectivity index (χ2v) is 6.53. The molecule has 4 heteroatoms. The zero-order valence-corrected chi connectivity index (χ0v) is 12.3. The first-order valence-corrected chi connectivity index (χ1v) is 7.67. The number of thioether (sulfide) groups is 1. The lowest BCUT2D eigenvalue weighted by Crippen LogP contribution is -2.41. The first kappa shape index (κ1) is 14.8. The predicted molar refractivity (Wildman–Crippen MR) is 75.4 cm³/mol. The van der Waals surface area contributed by atoms with Gasteiger partial charge in [0.1, 0.15) is 0 Å². The van der Waals surface area contributed by atoms with Gasteiger partial charge >= 0.3 is 0 Å². The Balaban J connectivity index is 2.42. The summed E-state index contributed by atoms with van der Waals surface area (Å²) in [5.41, 5.74) is 0. The molecule has 0 radical (unpaired) electrons. The van der Waals surface area contributed by atoms with Crippen LogP contribution in [0, 0.1) is 5.92 Å². The Bertz CT molecular complexity index is 248. The van der Waals surface area contributed by atoms with E-state index < -0.39 is 0 Å². The lowest BCUT2D eigenvalue weighted by atomic mass is 10.1. The number of amides is 1. The summed E-state index contributed by atoms with van der Waals surface area (Å²) < 4.78 is 0. The lowest BCUT2D eigenvalue weighted by Gasteiger charge is -2.27. The van der Waals surface area contributed by atoms with Crippen molar-refractivity contribution in [2.24, 2.45) is 5.92 Å². The molecule has 1 aliphatic rings. The molecule has 1 fully saturated rings. The quantitative estimate of drug-likeness (QED) is 0.790. The highest BCUT2D eigenvalue weighted by molar-refractivity contribution is 7.99. The third-order valence-electron chi connectivity index (χ3n) is 3.59. The number of nitrogens with one attached hydrogen (secondary N) is 1. The van der Waals surface area contributed by atoms with Crippen molar-refractivity contribution in [2.75, 3.05) is 26.4 Å². The Morgan fingerprint density at radius 3 is 2.82 bits per heavy atom. The Hall–Kier alpha value is -0.220. The number of hydrogen-bond acceptors (Lipinski definition) is 3. The van der Waals surface area contributed by atoms with Gasteiger partial charge in [-0.05, 0) is 32.1 Å². The number of hydrogen-bond donors (Lipinski definition) is 1. The third kappa shape index (κ3) is 4.18. The van der Waals surface area contributed by atoms with Gasteiger partial charge in [0.2, 0.25) is 5.91 Å². The van der Waals surface area contributed by atoms with E-state index in [9.17, 15) is 4.79 Å². The average molecular weight is 258 g/mol. The molecular weight excluding hydrogens is 232 g/mol. The average Bonchev–Trinajstić information content (AvgIpc) is 2.76. The van der Waals surface area contributed by atoms with Crippen LogP contribution in [0.25, 0.3) is 0 Å². The summed E-state index contributed by atoms with van der Waals surface area (Å²) in [4.78, 5) is 14.1. The van der Waals surface area contributed by atoms with Crippen LogP contribution in [0.3, 0.4) is 0 Å². The number of nitrogens with zero attached hydrogens (tertiary/aromatic N) is 1. The minimum Gasteiger partial charge on any atom is -0.342 e. The molecular formula is C13H26N2OS. The first-order valence-electron chi connectivity index (χ1n) is 6.63. The SMILES string of the molecule is CCSC1CCC(N(C)C(=O)C(C)CNC)C1. The molecule has 1 aliphatic carbocycles. The molecule has 100 valence electrons. The maximum absolute atomic E-state index is 12.2. The molecule has 0 heterocycles. The van der Waals surface area contributed by atoms with Crippen molar-refractivity contribution in [3.63, 3.8) is 0 Å². The van der Waals surface area contributed by atoms with Gasteiger partial charge in [-0.15, -0.1) is 0 Å². The number of carbonyl (C=O) groups is 1. The van der Waals surface area contributed by atoms with Crippen molar-refractivity contribution in [1.29, 1.82) is 0 Å². The van der Waals surface area contributed by atoms with E-state index in [0.29, 0.717) is 6.04 Å². The highest BCUT2D eigenvalue weighted by atomic mass is 32.2. The summed E-state index contributed by atoms with van der Waals surface area (Å²) in [6, 6.07) is 0.464. The van der Waals surface area contributed by atoms with Gasteiger partial charge in [-0.25, -0.2) is 0 Å². The first-order chi connectivity index (χ1) is 8.10. The second-order valence-electron chi connectivity index (χ2n) is 4.95. The van der Waals surface area contributed by atoms with Gasteiger partial charge in [-0.2, -0.15) is 11.8 Å². The van der Waals surface area contributed by atoms with Crippen LogP contribution in [0.1, 0.15) is 33.1 Å². The van der Waals surface area contributed by atoms with E-state index >= 15 is 0 Å². The second kappa shape index (κ2) is 7.27. The van der Waals surface area contributed by atoms with E-state index in [1.54, 1.807) is 0 Å². The van der Waals surface area contributed by atoms with Gasteiger partial charge in [-0.1, -0.05) is 13.8 Å². The molecule has 0 saturated heterocycles. The van der Waals surface area contributed by atoms with Gasteiger partial charge in [0, 0.05) is 30.8 Å². The van der Waals surface area contributed by atoms with E-state index in [0.717, 1.165) is 11.8 Å². The molecule has 0 aromatic rings. The molecule has 0 spiro atoms. The van der Waals surface area contributed by atoms with Gasteiger partial charge in [0.15, 0.2) is 0 Å². The van der Waals surface area contributed by atoms with Gasteiger partial charge in [0.05, 0.1) is 0 Å². The molecule has 17 heavy (non-hydrogen) atoms. The number of rotatable bonds is 6. The van der Waals surface area contributed by atoms with Crippen LogP contribution in [-0.4, -0.2) is 48.5 Å². The van der Waals surface area contributed by atoms with Gasteiger partial charge in [0.25, 0.3) is 0 Å². The van der Waals surface area contributed by atoms with Crippen LogP contribution in [-0.2, 0) is 4.79 Å². The summed E-state index contributed by atoms with van der Waals surface area (Å²) in [6.07, 6.45) is 3.61. The summed E-state index contributed by atoms with van der Waals surface area (Å²) in [5.74, 6) is 1.56. The smallest absolute Gasteiger partial charge is 0.226 e. The number of carbonyl (C=O) groups excluding carboxylic acids is 1. The molecule has 0 bridgehead atoms. The molecule has 1 rings (SSSR count). The van der Waals surface area contributed by atoms with Crippen LogP contribution in [0.5, 0.6) is 0 Å². The molecule has 3 nitrogen and oxygen atoms in total. The van der Waals surface area contributed by atoms with Crippen LogP contribution < -0.4 is 5.32 Å². The monoisotopic (exact) mass is 258 g/mol. The van der Waals surface area contributed by atoms with Crippen molar-refractivity contribution >= 4 is 17.7 Å². The minimum atomic E-state index is 0.0860. The Kier molecular flexibility index (Phi) is 6.34. The third-order valence-corrected chi connectivity index (χ3v) is 4.82. The summed E-state index contributed by atoms with van der Waals surface area (Å²) >= 11 is 2.04. The molecule has 0 aromatic heterocycles. The van der Waals surface area contributed by atoms with Crippen LogP contribution in [0.2, 0.25) is 0 Å². The fourth-order valence-electron chi connectivity index (χ4n) is 2.58. The van der Waals surface area contributed by atoms with Crippen molar-refractivity contribution in [3.8, 4) is 0 Å². The highest BCUT2D eigenvalue weighted by Crippen LogP contribution is 2.32. The topological polar surface area (TPSA) is 32.3 Å². The van der Waals surface area contributed by atoms with E-state index in [4.69, 9.17) is 0 Å².